The lowest BCUT2D eigenvalue weighted by Gasteiger charge is -2.32. The van der Waals surface area contributed by atoms with Gasteiger partial charge in [0.05, 0.1) is 12.0 Å². The second-order valence-corrected chi connectivity index (χ2v) is 7.21. The molecule has 32 heavy (non-hydrogen) atoms. The summed E-state index contributed by atoms with van der Waals surface area (Å²) < 4.78 is 33.8. The zero-order chi connectivity index (χ0) is 22.4. The quantitative estimate of drug-likeness (QED) is 0.538. The number of nitrogens with zero attached hydrogens (tertiary/aromatic N) is 5. The fourth-order valence-corrected chi connectivity index (χ4v) is 3.87. The lowest BCUT2D eigenvalue weighted by molar-refractivity contribution is 0.0782. The van der Waals surface area contributed by atoms with E-state index in [-0.39, 0.29) is 24.7 Å². The summed E-state index contributed by atoms with van der Waals surface area (Å²) in [5, 5.41) is 6.39. The molecular formula is C20H20F2N8O2. The minimum atomic E-state index is -0.713. The first-order valence-corrected chi connectivity index (χ1v) is 10.0. The summed E-state index contributed by atoms with van der Waals surface area (Å²) in [7, 11) is 0. The van der Waals surface area contributed by atoms with Crippen LogP contribution in [0.1, 0.15) is 24.5 Å². The van der Waals surface area contributed by atoms with Gasteiger partial charge in [-0.3, -0.25) is 4.57 Å². The van der Waals surface area contributed by atoms with Crippen LogP contribution in [0.3, 0.4) is 0 Å². The molecule has 2 aliphatic heterocycles. The highest BCUT2D eigenvalue weighted by Gasteiger charge is 2.42. The van der Waals surface area contributed by atoms with Gasteiger partial charge in [-0.25, -0.2) is 23.6 Å². The molecule has 166 valence electrons. The molecule has 1 atom stereocenters. The number of aromatic nitrogens is 2. The number of aliphatic imine (C=N–C) groups is 2. The van der Waals surface area contributed by atoms with E-state index in [2.05, 4.69) is 15.3 Å². The van der Waals surface area contributed by atoms with E-state index in [1.165, 1.54) is 10.6 Å². The van der Waals surface area contributed by atoms with E-state index < -0.39 is 23.5 Å². The number of hydrazine groups is 1. The predicted molar refractivity (Wildman–Crippen MR) is 113 cm³/mol. The average Bonchev–Trinajstić information content (AvgIpc) is 3.48. The predicted octanol–water partition coefficient (Wildman–Crippen LogP) is 2.12. The molecule has 1 unspecified atom stereocenters. The maximum Gasteiger partial charge on any atom is 0.327 e. The Labute approximate surface area is 180 Å². The van der Waals surface area contributed by atoms with Crippen molar-refractivity contribution < 1.29 is 13.2 Å². The van der Waals surface area contributed by atoms with Gasteiger partial charge >= 0.3 is 5.69 Å². The summed E-state index contributed by atoms with van der Waals surface area (Å²) in [5.74, 6) is 0.219. The van der Waals surface area contributed by atoms with Crippen molar-refractivity contribution in [3.63, 3.8) is 0 Å². The van der Waals surface area contributed by atoms with Gasteiger partial charge in [0, 0.05) is 25.7 Å². The van der Waals surface area contributed by atoms with Crippen LogP contribution < -0.4 is 16.7 Å². The minimum Gasteiger partial charge on any atom is -0.466 e. The number of nitrogens with two attached hydrogens (primary N) is 1. The lowest BCUT2D eigenvalue weighted by atomic mass is 10.3. The van der Waals surface area contributed by atoms with Gasteiger partial charge in [-0.05, 0) is 24.3 Å². The molecule has 3 aromatic rings. The molecule has 0 fully saturated rings. The van der Waals surface area contributed by atoms with Crippen molar-refractivity contribution in [2.24, 2.45) is 15.7 Å². The Kier molecular flexibility index (Phi) is 4.78. The highest BCUT2D eigenvalue weighted by Crippen LogP contribution is 2.36. The summed E-state index contributed by atoms with van der Waals surface area (Å²) in [5.41, 5.74) is 6.41. The maximum absolute atomic E-state index is 13.8. The average molecular weight is 442 g/mol. The van der Waals surface area contributed by atoms with Crippen LogP contribution in [0, 0.1) is 11.6 Å². The summed E-state index contributed by atoms with van der Waals surface area (Å²) in [6, 6.07) is 6.84. The van der Waals surface area contributed by atoms with Crippen LogP contribution in [0.25, 0.3) is 0 Å². The molecule has 12 heteroatoms. The van der Waals surface area contributed by atoms with E-state index in [1.54, 1.807) is 17.3 Å². The Morgan fingerprint density at radius 1 is 1.31 bits per heavy atom. The molecule has 4 N–H and O–H groups in total. The third-order valence-electron chi connectivity index (χ3n) is 5.31. The molecule has 0 amide bonds. The molecule has 2 aliphatic rings. The smallest absolute Gasteiger partial charge is 0.327 e. The maximum atomic E-state index is 13.8. The number of anilines is 1. The van der Waals surface area contributed by atoms with E-state index in [0.717, 1.165) is 12.1 Å². The fraction of sp³-hybridized carbons (Fsp3) is 0.250. The standard InChI is InChI=1S/C20H20F2N8O2/c1-2-29-16(14-4-3-9-32-14)26-18-15-17(27-19(23)30(18)29)28(20(31)25-15)8-7-24-13-6-5-11(21)10-12(13)22/h3-6,9-10,16,24H,2,7-8H2,1H3,(H2,23,27)(H,25,31). The summed E-state index contributed by atoms with van der Waals surface area (Å²) in [4.78, 5) is 24.6. The molecule has 0 aliphatic carbocycles. The molecule has 0 spiro atoms. The van der Waals surface area contributed by atoms with Crippen LogP contribution >= 0.6 is 0 Å². The number of fused-ring (bicyclic) bond motifs is 3. The zero-order valence-corrected chi connectivity index (χ0v) is 17.0. The zero-order valence-electron chi connectivity index (χ0n) is 17.0. The van der Waals surface area contributed by atoms with Gasteiger partial charge in [-0.2, -0.15) is 10.0 Å². The summed E-state index contributed by atoms with van der Waals surface area (Å²) in [6.45, 7) is 2.90. The number of nitrogens with one attached hydrogen (secondary N) is 2. The molecule has 10 nitrogen and oxygen atoms in total. The van der Waals surface area contributed by atoms with Gasteiger partial charge in [0.25, 0.3) is 0 Å². The van der Waals surface area contributed by atoms with E-state index in [1.807, 2.05) is 18.0 Å². The molecular weight excluding hydrogens is 422 g/mol. The molecule has 4 heterocycles. The van der Waals surface area contributed by atoms with E-state index >= 15 is 0 Å². The molecule has 1 aromatic carbocycles. The summed E-state index contributed by atoms with van der Waals surface area (Å²) in [6.07, 6.45) is 1.12. The molecule has 2 aromatic heterocycles. The Bertz CT molecular complexity index is 1280. The highest BCUT2D eigenvalue weighted by atomic mass is 19.1. The number of furan rings is 1. The molecule has 0 saturated carbocycles. The van der Waals surface area contributed by atoms with E-state index in [0.29, 0.717) is 29.7 Å². The Morgan fingerprint density at radius 2 is 2.16 bits per heavy atom. The van der Waals surface area contributed by atoms with Crippen LogP contribution in [0.2, 0.25) is 0 Å². The Balaban J connectivity index is 1.44. The number of amidine groups is 1. The van der Waals surface area contributed by atoms with Crippen LogP contribution in [0.5, 0.6) is 0 Å². The first kappa shape index (κ1) is 20.0. The number of hydrogen-bond donors (Lipinski definition) is 3. The second kappa shape index (κ2) is 7.64. The van der Waals surface area contributed by atoms with Gasteiger partial charge in [-0.1, -0.05) is 6.92 Å². The topological polar surface area (TPSA) is 120 Å². The highest BCUT2D eigenvalue weighted by molar-refractivity contribution is 6.13. The third-order valence-corrected chi connectivity index (χ3v) is 5.31. The van der Waals surface area contributed by atoms with Crippen molar-refractivity contribution >= 4 is 23.3 Å². The SMILES string of the molecule is CCN1C(c2ccco2)N=C2c3[nH]c(=O)n(CCNc4ccc(F)cc4F)c3N=C(N)N21. The third kappa shape index (κ3) is 3.15. The number of hydrogen-bond acceptors (Lipinski definition) is 8. The lowest BCUT2D eigenvalue weighted by Crippen LogP contribution is -2.51. The van der Waals surface area contributed by atoms with Gasteiger partial charge in [0.15, 0.2) is 17.8 Å². The van der Waals surface area contributed by atoms with Crippen molar-refractivity contribution in [1.82, 2.24) is 19.6 Å². The number of halogens is 2. The molecule has 5 rings (SSSR count). The van der Waals surface area contributed by atoms with Crippen molar-refractivity contribution in [2.45, 2.75) is 19.6 Å². The van der Waals surface area contributed by atoms with Gasteiger partial charge < -0.3 is 20.5 Å². The van der Waals surface area contributed by atoms with Crippen molar-refractivity contribution in [3.8, 4) is 0 Å². The van der Waals surface area contributed by atoms with Crippen molar-refractivity contribution in [2.75, 3.05) is 18.4 Å². The number of rotatable bonds is 6. The minimum absolute atomic E-state index is 0.137. The van der Waals surface area contributed by atoms with E-state index in [9.17, 15) is 13.6 Å². The number of H-pyrrole nitrogens is 1. The number of guanidine groups is 1. The first-order chi connectivity index (χ1) is 15.5. The number of imidazole rings is 1. The molecule has 0 saturated heterocycles. The normalized spacial score (nSPS) is 17.7. The Morgan fingerprint density at radius 3 is 2.88 bits per heavy atom. The largest absolute Gasteiger partial charge is 0.466 e. The van der Waals surface area contributed by atoms with E-state index in [4.69, 9.17) is 15.1 Å². The summed E-state index contributed by atoms with van der Waals surface area (Å²) >= 11 is 0. The van der Waals surface area contributed by atoms with Gasteiger partial charge in [-0.15, -0.1) is 0 Å². The van der Waals surface area contributed by atoms with Gasteiger partial charge in [0.1, 0.15) is 23.1 Å². The van der Waals surface area contributed by atoms with Crippen molar-refractivity contribution in [3.05, 3.63) is 70.2 Å². The van der Waals surface area contributed by atoms with Crippen LogP contribution in [-0.4, -0.2) is 44.5 Å². The monoisotopic (exact) mass is 442 g/mol. The molecule has 0 radical (unpaired) electrons. The Hall–Kier alpha value is -3.93. The molecule has 0 bridgehead atoms. The fourth-order valence-electron chi connectivity index (χ4n) is 3.87. The van der Waals surface area contributed by atoms with Crippen LogP contribution in [-0.2, 0) is 6.54 Å². The van der Waals surface area contributed by atoms with Crippen molar-refractivity contribution in [1.29, 1.82) is 0 Å². The number of aromatic amines is 1. The second-order valence-electron chi connectivity index (χ2n) is 7.21. The van der Waals surface area contributed by atoms with Crippen LogP contribution in [0.15, 0.2) is 55.8 Å². The van der Waals surface area contributed by atoms with Crippen LogP contribution in [0.4, 0.5) is 20.3 Å². The first-order valence-electron chi connectivity index (χ1n) is 10.0. The van der Waals surface area contributed by atoms with Gasteiger partial charge in [0.2, 0.25) is 5.96 Å². The number of benzene rings is 1.